The number of fused-ring (bicyclic) bond motifs is 1. The van der Waals surface area contributed by atoms with Crippen molar-refractivity contribution in [1.82, 2.24) is 0 Å². The average molecular weight is 348 g/mol. The lowest BCUT2D eigenvalue weighted by molar-refractivity contribution is -0.123. The van der Waals surface area contributed by atoms with E-state index in [-0.39, 0.29) is 5.76 Å². The molecule has 130 valence electrons. The number of hydrogen-bond donors (Lipinski definition) is 1. The number of nitrogens with one attached hydrogen (secondary N) is 1. The maximum absolute atomic E-state index is 12.4. The van der Waals surface area contributed by atoms with Crippen LogP contribution in [-0.2, 0) is 9.53 Å². The quantitative estimate of drug-likeness (QED) is 0.724. The fourth-order valence-corrected chi connectivity index (χ4v) is 2.56. The first kappa shape index (κ1) is 17.2. The summed E-state index contributed by atoms with van der Waals surface area (Å²) in [6, 6.07) is 15.8. The number of para-hydroxylation sites is 2. The van der Waals surface area contributed by atoms with Crippen molar-refractivity contribution in [3.05, 3.63) is 65.4 Å². The van der Waals surface area contributed by atoms with Crippen molar-refractivity contribution in [3.8, 4) is 6.07 Å². The molecule has 0 bridgehead atoms. The number of anilines is 1. The number of rotatable bonds is 4. The Hall–Kier alpha value is -3.59. The van der Waals surface area contributed by atoms with Gasteiger partial charge in [0.05, 0.1) is 11.3 Å². The lowest BCUT2D eigenvalue weighted by atomic mass is 10.1. The Balaban J connectivity index is 1.73. The number of benzene rings is 2. The zero-order valence-electron chi connectivity index (χ0n) is 14.3. The maximum atomic E-state index is 12.4. The standard InChI is InChI=1S/C20H16N2O4/c1-12-15-8-4-6-10-17(15)26-18(12)20(24)25-13(2)19(23)22-16-9-5-3-7-14(16)11-21/h3-10,13H,1-2H3,(H,22,23). The van der Waals surface area contributed by atoms with Crippen LogP contribution < -0.4 is 5.32 Å². The molecule has 0 aliphatic heterocycles. The zero-order valence-corrected chi connectivity index (χ0v) is 14.3. The minimum Gasteiger partial charge on any atom is -0.449 e. The van der Waals surface area contributed by atoms with Crippen LogP contribution in [0.5, 0.6) is 0 Å². The van der Waals surface area contributed by atoms with Gasteiger partial charge in [-0.25, -0.2) is 4.79 Å². The van der Waals surface area contributed by atoms with Crippen LogP contribution in [0.1, 0.15) is 28.6 Å². The molecule has 3 aromatic rings. The van der Waals surface area contributed by atoms with E-state index in [1.54, 1.807) is 37.3 Å². The zero-order chi connectivity index (χ0) is 18.7. The summed E-state index contributed by atoms with van der Waals surface area (Å²) in [6.45, 7) is 3.22. The molecule has 0 aliphatic carbocycles. The van der Waals surface area contributed by atoms with Crippen molar-refractivity contribution >= 4 is 28.5 Å². The van der Waals surface area contributed by atoms with E-state index in [4.69, 9.17) is 14.4 Å². The van der Waals surface area contributed by atoms with Crippen LogP contribution >= 0.6 is 0 Å². The van der Waals surface area contributed by atoms with Crippen molar-refractivity contribution in [2.24, 2.45) is 0 Å². The summed E-state index contributed by atoms with van der Waals surface area (Å²) in [5.41, 5.74) is 1.93. The lowest BCUT2D eigenvalue weighted by Gasteiger charge is -2.13. The number of aryl methyl sites for hydroxylation is 1. The molecule has 0 saturated carbocycles. The molecule has 26 heavy (non-hydrogen) atoms. The van der Waals surface area contributed by atoms with Gasteiger partial charge in [0.25, 0.3) is 5.91 Å². The summed E-state index contributed by atoms with van der Waals surface area (Å²) in [5.74, 6) is -1.17. The number of ether oxygens (including phenoxy) is 1. The molecule has 0 spiro atoms. The molecular formula is C20H16N2O4. The number of nitrogens with zero attached hydrogens (tertiary/aromatic N) is 1. The van der Waals surface area contributed by atoms with Gasteiger partial charge in [0.1, 0.15) is 11.7 Å². The van der Waals surface area contributed by atoms with E-state index in [2.05, 4.69) is 5.32 Å². The summed E-state index contributed by atoms with van der Waals surface area (Å²) in [4.78, 5) is 24.7. The number of nitriles is 1. The number of esters is 1. The molecule has 1 atom stereocenters. The van der Waals surface area contributed by atoms with Crippen molar-refractivity contribution in [1.29, 1.82) is 5.26 Å². The molecular weight excluding hydrogens is 332 g/mol. The fourth-order valence-electron chi connectivity index (χ4n) is 2.56. The molecule has 1 heterocycles. The summed E-state index contributed by atoms with van der Waals surface area (Å²) in [5, 5.41) is 12.5. The van der Waals surface area contributed by atoms with E-state index in [0.29, 0.717) is 22.4 Å². The van der Waals surface area contributed by atoms with Crippen molar-refractivity contribution in [2.75, 3.05) is 5.32 Å². The summed E-state index contributed by atoms with van der Waals surface area (Å²) in [7, 11) is 0. The third kappa shape index (κ3) is 3.28. The number of carbonyl (C=O) groups excluding carboxylic acids is 2. The molecule has 0 fully saturated rings. The maximum Gasteiger partial charge on any atom is 0.375 e. The topological polar surface area (TPSA) is 92.3 Å². The molecule has 2 aromatic carbocycles. The van der Waals surface area contributed by atoms with Crippen molar-refractivity contribution < 1.29 is 18.7 Å². The predicted octanol–water partition coefficient (Wildman–Crippen LogP) is 3.80. The van der Waals surface area contributed by atoms with Crippen LogP contribution in [0.3, 0.4) is 0 Å². The molecule has 6 nitrogen and oxygen atoms in total. The van der Waals surface area contributed by atoms with E-state index in [1.807, 2.05) is 24.3 Å². The Bertz CT molecular complexity index is 1030. The smallest absolute Gasteiger partial charge is 0.375 e. The van der Waals surface area contributed by atoms with Crippen LogP contribution in [-0.4, -0.2) is 18.0 Å². The van der Waals surface area contributed by atoms with Crippen LogP contribution in [0.25, 0.3) is 11.0 Å². The molecule has 1 amide bonds. The Morgan fingerprint density at radius 2 is 1.85 bits per heavy atom. The highest BCUT2D eigenvalue weighted by Gasteiger charge is 2.24. The molecule has 0 radical (unpaired) electrons. The number of carbonyl (C=O) groups is 2. The van der Waals surface area contributed by atoms with E-state index in [1.165, 1.54) is 6.92 Å². The Kier molecular flexibility index (Phi) is 4.72. The number of furan rings is 1. The molecule has 0 aliphatic rings. The summed E-state index contributed by atoms with van der Waals surface area (Å²) < 4.78 is 10.8. The average Bonchev–Trinajstić information content (AvgIpc) is 2.99. The minimum absolute atomic E-state index is 0.0725. The first-order valence-corrected chi connectivity index (χ1v) is 8.00. The normalized spacial score (nSPS) is 11.6. The molecule has 1 unspecified atom stereocenters. The highest BCUT2D eigenvalue weighted by Crippen LogP contribution is 2.25. The van der Waals surface area contributed by atoms with Gasteiger partial charge in [-0.2, -0.15) is 5.26 Å². The monoisotopic (exact) mass is 348 g/mol. The van der Waals surface area contributed by atoms with Crippen LogP contribution in [0.2, 0.25) is 0 Å². The molecule has 6 heteroatoms. The van der Waals surface area contributed by atoms with Gasteiger partial charge in [-0.15, -0.1) is 0 Å². The summed E-state index contributed by atoms with van der Waals surface area (Å²) in [6.07, 6.45) is -1.05. The molecule has 1 aromatic heterocycles. The van der Waals surface area contributed by atoms with Gasteiger partial charge in [-0.3, -0.25) is 4.79 Å². The van der Waals surface area contributed by atoms with Crippen molar-refractivity contribution in [3.63, 3.8) is 0 Å². The van der Waals surface area contributed by atoms with Gasteiger partial charge in [-0.05, 0) is 32.0 Å². The Morgan fingerprint density at radius 1 is 1.15 bits per heavy atom. The molecule has 0 saturated heterocycles. The van der Waals surface area contributed by atoms with Crippen LogP contribution in [0, 0.1) is 18.3 Å². The third-order valence-corrected chi connectivity index (χ3v) is 3.99. The SMILES string of the molecule is Cc1c(C(=O)OC(C)C(=O)Nc2ccccc2C#N)oc2ccccc12. The van der Waals surface area contributed by atoms with Gasteiger partial charge < -0.3 is 14.5 Å². The highest BCUT2D eigenvalue weighted by atomic mass is 16.6. The predicted molar refractivity (Wildman–Crippen MR) is 95.6 cm³/mol. The molecule has 1 N–H and O–H groups in total. The minimum atomic E-state index is -1.05. The van der Waals surface area contributed by atoms with Gasteiger partial charge >= 0.3 is 5.97 Å². The van der Waals surface area contributed by atoms with Gasteiger partial charge in [0, 0.05) is 10.9 Å². The Labute approximate surface area is 150 Å². The second kappa shape index (κ2) is 7.11. The van der Waals surface area contributed by atoms with E-state index in [9.17, 15) is 9.59 Å². The fraction of sp³-hybridized carbons (Fsp3) is 0.150. The van der Waals surface area contributed by atoms with E-state index >= 15 is 0 Å². The largest absolute Gasteiger partial charge is 0.449 e. The molecule has 3 rings (SSSR count). The van der Waals surface area contributed by atoms with E-state index in [0.717, 1.165) is 5.39 Å². The number of amides is 1. The van der Waals surface area contributed by atoms with Crippen LogP contribution in [0.15, 0.2) is 52.9 Å². The van der Waals surface area contributed by atoms with Gasteiger partial charge in [-0.1, -0.05) is 30.3 Å². The number of hydrogen-bond acceptors (Lipinski definition) is 5. The lowest BCUT2D eigenvalue weighted by Crippen LogP contribution is -2.30. The van der Waals surface area contributed by atoms with E-state index < -0.39 is 18.0 Å². The Morgan fingerprint density at radius 3 is 2.58 bits per heavy atom. The second-order valence-electron chi connectivity index (χ2n) is 5.75. The van der Waals surface area contributed by atoms with Gasteiger partial charge in [0.15, 0.2) is 6.10 Å². The first-order chi connectivity index (χ1) is 12.5. The first-order valence-electron chi connectivity index (χ1n) is 8.00. The van der Waals surface area contributed by atoms with Crippen LogP contribution in [0.4, 0.5) is 5.69 Å². The highest BCUT2D eigenvalue weighted by molar-refractivity contribution is 5.99. The van der Waals surface area contributed by atoms with Crippen molar-refractivity contribution in [2.45, 2.75) is 20.0 Å². The third-order valence-electron chi connectivity index (χ3n) is 3.99. The van der Waals surface area contributed by atoms with Gasteiger partial charge in [0.2, 0.25) is 5.76 Å². The summed E-state index contributed by atoms with van der Waals surface area (Å²) >= 11 is 0. The second-order valence-corrected chi connectivity index (χ2v) is 5.75.